The quantitative estimate of drug-likeness (QED) is 0.821. The maximum Gasteiger partial charge on any atom is 0.227 e. The van der Waals surface area contributed by atoms with E-state index in [2.05, 4.69) is 20.2 Å². The van der Waals surface area contributed by atoms with Crippen LogP contribution in [-0.4, -0.2) is 54.6 Å². The number of nitrogens with zero attached hydrogens (tertiary/aromatic N) is 4. The molecular formula is C21H25N5O3. The lowest BCUT2D eigenvalue weighted by Gasteiger charge is -2.26. The molecule has 1 atom stereocenters. The van der Waals surface area contributed by atoms with Gasteiger partial charge in [-0.05, 0) is 25.1 Å². The van der Waals surface area contributed by atoms with Crippen LogP contribution in [0.1, 0.15) is 17.7 Å². The minimum atomic E-state index is -0.357. The molecule has 3 heterocycles. The molecule has 29 heavy (non-hydrogen) atoms. The van der Waals surface area contributed by atoms with Crippen LogP contribution in [0.3, 0.4) is 0 Å². The van der Waals surface area contributed by atoms with Gasteiger partial charge in [0.2, 0.25) is 17.8 Å². The van der Waals surface area contributed by atoms with Gasteiger partial charge in [-0.2, -0.15) is 0 Å². The summed E-state index contributed by atoms with van der Waals surface area (Å²) in [5, 5.41) is 2.92. The van der Waals surface area contributed by atoms with Gasteiger partial charge in [-0.1, -0.05) is 17.7 Å². The van der Waals surface area contributed by atoms with Crippen molar-refractivity contribution in [2.75, 3.05) is 42.6 Å². The van der Waals surface area contributed by atoms with E-state index in [1.807, 2.05) is 31.2 Å². The summed E-state index contributed by atoms with van der Waals surface area (Å²) in [4.78, 5) is 37.6. The second kappa shape index (κ2) is 8.57. The number of nitrogens with one attached hydrogen (secondary N) is 1. The SMILES string of the molecule is Cc1ccc(N2CC(C(=O)NCc3ccnc(N4CCOCC4)n3)CC2=O)cc1. The minimum Gasteiger partial charge on any atom is -0.378 e. The van der Waals surface area contributed by atoms with Crippen LogP contribution in [0.15, 0.2) is 36.5 Å². The Morgan fingerprint density at radius 1 is 1.21 bits per heavy atom. The van der Waals surface area contributed by atoms with Crippen LogP contribution in [0.25, 0.3) is 0 Å². The molecule has 0 radical (unpaired) electrons. The molecule has 2 amide bonds. The largest absolute Gasteiger partial charge is 0.378 e. The molecule has 2 saturated heterocycles. The number of hydrogen-bond donors (Lipinski definition) is 1. The van der Waals surface area contributed by atoms with Crippen LogP contribution in [0.5, 0.6) is 0 Å². The predicted octanol–water partition coefficient (Wildman–Crippen LogP) is 1.29. The van der Waals surface area contributed by atoms with Crippen LogP contribution in [0.4, 0.5) is 11.6 Å². The van der Waals surface area contributed by atoms with E-state index in [1.165, 1.54) is 0 Å². The maximum atomic E-state index is 12.6. The number of benzene rings is 1. The lowest BCUT2D eigenvalue weighted by atomic mass is 10.1. The molecule has 8 nitrogen and oxygen atoms in total. The first kappa shape index (κ1) is 19.3. The van der Waals surface area contributed by atoms with Crippen LogP contribution in [0, 0.1) is 12.8 Å². The summed E-state index contributed by atoms with van der Waals surface area (Å²) >= 11 is 0. The van der Waals surface area contributed by atoms with Crippen molar-refractivity contribution in [3.63, 3.8) is 0 Å². The molecule has 152 valence electrons. The van der Waals surface area contributed by atoms with E-state index in [0.717, 1.165) is 30.0 Å². The second-order valence-electron chi connectivity index (χ2n) is 7.41. The van der Waals surface area contributed by atoms with Gasteiger partial charge in [0, 0.05) is 37.9 Å². The Bertz CT molecular complexity index is 880. The van der Waals surface area contributed by atoms with Crippen molar-refractivity contribution in [2.24, 2.45) is 5.92 Å². The van der Waals surface area contributed by atoms with E-state index in [0.29, 0.717) is 32.3 Å². The van der Waals surface area contributed by atoms with Crippen molar-refractivity contribution in [1.29, 1.82) is 0 Å². The minimum absolute atomic E-state index is 0.0226. The van der Waals surface area contributed by atoms with E-state index in [-0.39, 0.29) is 24.2 Å². The zero-order valence-electron chi connectivity index (χ0n) is 16.5. The fraction of sp³-hybridized carbons (Fsp3) is 0.429. The van der Waals surface area contributed by atoms with Crippen molar-refractivity contribution >= 4 is 23.5 Å². The zero-order valence-corrected chi connectivity index (χ0v) is 16.5. The molecule has 0 aliphatic carbocycles. The molecule has 8 heteroatoms. The Morgan fingerprint density at radius 2 is 1.97 bits per heavy atom. The Hall–Kier alpha value is -3.00. The Morgan fingerprint density at radius 3 is 2.72 bits per heavy atom. The molecule has 1 aromatic carbocycles. The Labute approximate surface area is 169 Å². The maximum absolute atomic E-state index is 12.6. The number of anilines is 2. The van der Waals surface area contributed by atoms with E-state index >= 15 is 0 Å². The summed E-state index contributed by atoms with van der Waals surface area (Å²) in [5.41, 5.74) is 2.72. The van der Waals surface area contributed by atoms with Crippen LogP contribution < -0.4 is 15.1 Å². The molecule has 2 aliphatic heterocycles. The normalized spacial score (nSPS) is 19.5. The van der Waals surface area contributed by atoms with Crippen LogP contribution >= 0.6 is 0 Å². The first-order valence-electron chi connectivity index (χ1n) is 9.89. The predicted molar refractivity (Wildman–Crippen MR) is 109 cm³/mol. The highest BCUT2D eigenvalue weighted by Crippen LogP contribution is 2.25. The van der Waals surface area contributed by atoms with E-state index in [1.54, 1.807) is 17.2 Å². The fourth-order valence-corrected chi connectivity index (χ4v) is 3.58. The van der Waals surface area contributed by atoms with Gasteiger partial charge in [0.25, 0.3) is 0 Å². The molecular weight excluding hydrogens is 370 g/mol. The average molecular weight is 395 g/mol. The van der Waals surface area contributed by atoms with Gasteiger partial charge in [0.05, 0.1) is 31.4 Å². The van der Waals surface area contributed by atoms with Crippen LogP contribution in [-0.2, 0) is 20.9 Å². The zero-order chi connectivity index (χ0) is 20.2. The first-order chi connectivity index (χ1) is 14.1. The average Bonchev–Trinajstić information content (AvgIpc) is 3.15. The third kappa shape index (κ3) is 4.54. The number of hydrogen-bond acceptors (Lipinski definition) is 6. The Balaban J connectivity index is 1.34. The van der Waals surface area contributed by atoms with Gasteiger partial charge in [-0.3, -0.25) is 9.59 Å². The molecule has 1 N–H and O–H groups in total. The Kier molecular flexibility index (Phi) is 5.71. The molecule has 2 fully saturated rings. The highest BCUT2D eigenvalue weighted by atomic mass is 16.5. The van der Waals surface area contributed by atoms with E-state index < -0.39 is 0 Å². The summed E-state index contributed by atoms with van der Waals surface area (Å²) < 4.78 is 5.36. The van der Waals surface area contributed by atoms with E-state index in [4.69, 9.17) is 4.74 Å². The van der Waals surface area contributed by atoms with E-state index in [9.17, 15) is 9.59 Å². The molecule has 1 aromatic heterocycles. The molecule has 2 aliphatic rings. The van der Waals surface area contributed by atoms with Gasteiger partial charge in [0.1, 0.15) is 0 Å². The van der Waals surface area contributed by atoms with Crippen molar-refractivity contribution < 1.29 is 14.3 Å². The monoisotopic (exact) mass is 395 g/mol. The number of amides is 2. The lowest BCUT2D eigenvalue weighted by Crippen LogP contribution is -2.37. The van der Waals surface area contributed by atoms with Crippen molar-refractivity contribution in [2.45, 2.75) is 19.9 Å². The topological polar surface area (TPSA) is 87.7 Å². The third-order valence-electron chi connectivity index (χ3n) is 5.28. The van der Waals surface area contributed by atoms with Gasteiger partial charge in [0.15, 0.2) is 0 Å². The van der Waals surface area contributed by atoms with Crippen molar-refractivity contribution in [3.05, 3.63) is 47.8 Å². The number of aryl methyl sites for hydroxylation is 1. The molecule has 0 saturated carbocycles. The number of carbonyl (C=O) groups is 2. The number of rotatable bonds is 5. The second-order valence-corrected chi connectivity index (χ2v) is 7.41. The van der Waals surface area contributed by atoms with Crippen molar-refractivity contribution in [1.82, 2.24) is 15.3 Å². The lowest BCUT2D eigenvalue weighted by molar-refractivity contribution is -0.126. The molecule has 1 unspecified atom stereocenters. The highest BCUT2D eigenvalue weighted by Gasteiger charge is 2.35. The standard InChI is InChI=1S/C21H25N5O3/c1-15-2-4-18(5-3-15)26-14-16(12-19(26)27)20(28)23-13-17-6-7-22-21(24-17)25-8-10-29-11-9-25/h2-7,16H,8-14H2,1H3,(H,23,28). The van der Waals surface area contributed by atoms with Gasteiger partial charge in [-0.25, -0.2) is 9.97 Å². The van der Waals surface area contributed by atoms with Crippen molar-refractivity contribution in [3.8, 4) is 0 Å². The fourth-order valence-electron chi connectivity index (χ4n) is 3.58. The van der Waals surface area contributed by atoms with Crippen LogP contribution in [0.2, 0.25) is 0 Å². The summed E-state index contributed by atoms with van der Waals surface area (Å²) in [6.45, 7) is 5.56. The summed E-state index contributed by atoms with van der Waals surface area (Å²) in [5.74, 6) is 0.149. The molecule has 0 spiro atoms. The summed E-state index contributed by atoms with van der Waals surface area (Å²) in [6.07, 6.45) is 1.93. The summed E-state index contributed by atoms with van der Waals surface area (Å²) in [7, 11) is 0. The number of ether oxygens (including phenoxy) is 1. The molecule has 0 bridgehead atoms. The van der Waals surface area contributed by atoms with Gasteiger partial charge in [-0.15, -0.1) is 0 Å². The number of aromatic nitrogens is 2. The molecule has 2 aromatic rings. The molecule has 4 rings (SSSR count). The smallest absolute Gasteiger partial charge is 0.227 e. The highest BCUT2D eigenvalue weighted by molar-refractivity contribution is 6.00. The number of morpholine rings is 1. The third-order valence-corrected chi connectivity index (χ3v) is 5.28. The summed E-state index contributed by atoms with van der Waals surface area (Å²) in [6, 6.07) is 9.57. The van der Waals surface area contributed by atoms with Gasteiger partial charge >= 0.3 is 0 Å². The van der Waals surface area contributed by atoms with Gasteiger partial charge < -0.3 is 19.9 Å². The number of carbonyl (C=O) groups excluding carboxylic acids is 2. The first-order valence-corrected chi connectivity index (χ1v) is 9.89.